The number of fused-ring (bicyclic) bond motifs is 1. The lowest BCUT2D eigenvalue weighted by molar-refractivity contribution is 0.273. The first-order chi connectivity index (χ1) is 7.31. The van der Waals surface area contributed by atoms with Gasteiger partial charge in [-0.05, 0) is 24.5 Å². The van der Waals surface area contributed by atoms with Gasteiger partial charge in [0.15, 0.2) is 0 Å². The molecule has 0 amide bonds. The number of aliphatic hydroxyl groups excluding tert-OH is 1. The monoisotopic (exact) mass is 202 g/mol. The Hall–Kier alpha value is -1.35. The van der Waals surface area contributed by atoms with Crippen molar-refractivity contribution in [3.63, 3.8) is 0 Å². The number of rotatable bonds is 2. The Kier molecular flexibility index (Phi) is 1.83. The fraction of sp³-hybridized carbons (Fsp3) is 0.417. The van der Waals surface area contributed by atoms with Crippen LogP contribution >= 0.6 is 0 Å². The highest BCUT2D eigenvalue weighted by atomic mass is 16.3. The topological polar surface area (TPSA) is 38.0 Å². The van der Waals surface area contributed by atoms with Crippen molar-refractivity contribution in [3.05, 3.63) is 30.1 Å². The number of aromatic nitrogens is 2. The minimum absolute atomic E-state index is 0.286. The molecule has 1 aromatic heterocycles. The maximum Gasteiger partial charge on any atom is 0.113 e. The lowest BCUT2D eigenvalue weighted by atomic mass is 10.3. The zero-order valence-corrected chi connectivity index (χ0v) is 8.72. The summed E-state index contributed by atoms with van der Waals surface area (Å²) in [6.07, 6.45) is 1.08. The summed E-state index contributed by atoms with van der Waals surface area (Å²) in [6, 6.07) is 8.16. The van der Waals surface area contributed by atoms with Crippen molar-refractivity contribution in [2.75, 3.05) is 6.61 Å². The Labute approximate surface area is 88.4 Å². The van der Waals surface area contributed by atoms with Crippen LogP contribution in [-0.2, 0) is 7.05 Å². The highest BCUT2D eigenvalue weighted by Crippen LogP contribution is 2.46. The number of hydrogen-bond acceptors (Lipinski definition) is 2. The van der Waals surface area contributed by atoms with Crippen LogP contribution in [0.25, 0.3) is 11.0 Å². The van der Waals surface area contributed by atoms with Crippen molar-refractivity contribution in [2.45, 2.75) is 12.3 Å². The number of imidazole rings is 1. The molecule has 0 unspecified atom stereocenters. The zero-order chi connectivity index (χ0) is 10.4. The van der Waals surface area contributed by atoms with E-state index in [-0.39, 0.29) is 6.61 Å². The van der Waals surface area contributed by atoms with E-state index in [1.54, 1.807) is 0 Å². The second kappa shape index (κ2) is 3.07. The second-order valence-electron chi connectivity index (χ2n) is 4.30. The number of nitrogens with zero attached hydrogens (tertiary/aromatic N) is 2. The predicted molar refractivity (Wildman–Crippen MR) is 58.6 cm³/mol. The first-order valence-electron chi connectivity index (χ1n) is 5.33. The van der Waals surface area contributed by atoms with Gasteiger partial charge in [-0.1, -0.05) is 12.1 Å². The first kappa shape index (κ1) is 8.92. The summed E-state index contributed by atoms with van der Waals surface area (Å²) < 4.78 is 2.15. The number of para-hydroxylation sites is 2. The van der Waals surface area contributed by atoms with Crippen LogP contribution in [0.3, 0.4) is 0 Å². The summed E-state index contributed by atoms with van der Waals surface area (Å²) in [5, 5.41) is 9.07. The van der Waals surface area contributed by atoms with Gasteiger partial charge in [-0.2, -0.15) is 0 Å². The van der Waals surface area contributed by atoms with Gasteiger partial charge in [0.25, 0.3) is 0 Å². The van der Waals surface area contributed by atoms with E-state index in [1.165, 1.54) is 5.52 Å². The summed E-state index contributed by atoms with van der Waals surface area (Å²) in [6.45, 7) is 0.286. The number of aliphatic hydroxyl groups is 1. The van der Waals surface area contributed by atoms with Crippen LogP contribution in [0.1, 0.15) is 18.2 Å². The average molecular weight is 202 g/mol. The molecule has 1 aliphatic carbocycles. The SMILES string of the molecule is Cn1c([C@@H]2C[C@@H]2CO)nc2ccccc21. The van der Waals surface area contributed by atoms with E-state index in [2.05, 4.69) is 22.7 Å². The molecule has 3 nitrogen and oxygen atoms in total. The molecule has 1 heterocycles. The maximum atomic E-state index is 9.07. The molecular weight excluding hydrogens is 188 g/mol. The van der Waals surface area contributed by atoms with Gasteiger partial charge in [0.2, 0.25) is 0 Å². The van der Waals surface area contributed by atoms with Crippen molar-refractivity contribution in [1.29, 1.82) is 0 Å². The summed E-state index contributed by atoms with van der Waals surface area (Å²) in [4.78, 5) is 4.62. The Balaban J connectivity index is 2.09. The molecule has 2 atom stereocenters. The van der Waals surface area contributed by atoms with Crippen molar-refractivity contribution in [3.8, 4) is 0 Å². The van der Waals surface area contributed by atoms with E-state index in [4.69, 9.17) is 5.11 Å². The third-order valence-corrected chi connectivity index (χ3v) is 3.31. The zero-order valence-electron chi connectivity index (χ0n) is 8.72. The third-order valence-electron chi connectivity index (χ3n) is 3.31. The molecule has 0 bridgehead atoms. The van der Waals surface area contributed by atoms with Gasteiger partial charge in [-0.25, -0.2) is 4.98 Å². The summed E-state index contributed by atoms with van der Waals surface area (Å²) in [5.41, 5.74) is 2.23. The fourth-order valence-electron chi connectivity index (χ4n) is 2.26. The standard InChI is InChI=1S/C12H14N2O/c1-14-11-5-3-2-4-10(11)13-12(14)9-6-8(9)7-15/h2-5,8-9,15H,6-7H2,1H3/t8-,9-/m1/s1. The van der Waals surface area contributed by atoms with Crippen LogP contribution in [0.2, 0.25) is 0 Å². The molecule has 1 N–H and O–H groups in total. The molecule has 3 rings (SSSR count). The van der Waals surface area contributed by atoms with E-state index in [1.807, 2.05) is 18.2 Å². The highest BCUT2D eigenvalue weighted by Gasteiger charge is 2.40. The van der Waals surface area contributed by atoms with E-state index >= 15 is 0 Å². The lowest BCUT2D eigenvalue weighted by Crippen LogP contribution is -1.98. The minimum atomic E-state index is 0.286. The summed E-state index contributed by atoms with van der Waals surface area (Å²) >= 11 is 0. The number of benzene rings is 1. The van der Waals surface area contributed by atoms with E-state index in [0.29, 0.717) is 11.8 Å². The van der Waals surface area contributed by atoms with Crippen molar-refractivity contribution in [2.24, 2.45) is 13.0 Å². The maximum absolute atomic E-state index is 9.07. The van der Waals surface area contributed by atoms with Gasteiger partial charge in [0.05, 0.1) is 11.0 Å². The van der Waals surface area contributed by atoms with Crippen LogP contribution in [0.5, 0.6) is 0 Å². The fourth-order valence-corrected chi connectivity index (χ4v) is 2.26. The van der Waals surface area contributed by atoms with E-state index in [9.17, 15) is 0 Å². The van der Waals surface area contributed by atoms with Crippen LogP contribution in [0, 0.1) is 5.92 Å². The summed E-state index contributed by atoms with van der Waals surface area (Å²) in [7, 11) is 2.05. The van der Waals surface area contributed by atoms with Gasteiger partial charge in [0, 0.05) is 19.6 Å². The molecule has 0 aliphatic heterocycles. The quantitative estimate of drug-likeness (QED) is 0.804. The van der Waals surface area contributed by atoms with Crippen molar-refractivity contribution in [1.82, 2.24) is 9.55 Å². The van der Waals surface area contributed by atoms with Crippen LogP contribution in [0.15, 0.2) is 24.3 Å². The molecule has 1 aliphatic rings. The molecule has 0 radical (unpaired) electrons. The van der Waals surface area contributed by atoms with Crippen LogP contribution < -0.4 is 0 Å². The molecule has 1 fully saturated rings. The van der Waals surface area contributed by atoms with E-state index in [0.717, 1.165) is 17.8 Å². The molecule has 1 aromatic carbocycles. The number of hydrogen-bond donors (Lipinski definition) is 1. The van der Waals surface area contributed by atoms with Crippen LogP contribution in [-0.4, -0.2) is 21.3 Å². The third kappa shape index (κ3) is 1.27. The van der Waals surface area contributed by atoms with Crippen LogP contribution in [0.4, 0.5) is 0 Å². The molecule has 0 spiro atoms. The van der Waals surface area contributed by atoms with Gasteiger partial charge >= 0.3 is 0 Å². The molecule has 1 saturated carbocycles. The Bertz CT molecular complexity index is 503. The Morgan fingerprint density at radius 2 is 2.27 bits per heavy atom. The minimum Gasteiger partial charge on any atom is -0.396 e. The predicted octanol–water partition coefficient (Wildman–Crippen LogP) is 1.67. The lowest BCUT2D eigenvalue weighted by Gasteiger charge is -1.99. The smallest absolute Gasteiger partial charge is 0.113 e. The normalized spacial score (nSPS) is 24.7. The molecule has 15 heavy (non-hydrogen) atoms. The average Bonchev–Trinajstić information content (AvgIpc) is 2.98. The largest absolute Gasteiger partial charge is 0.396 e. The summed E-state index contributed by atoms with van der Waals surface area (Å²) in [5.74, 6) is 2.02. The van der Waals surface area contributed by atoms with Crippen molar-refractivity contribution >= 4 is 11.0 Å². The second-order valence-corrected chi connectivity index (χ2v) is 4.30. The molecule has 78 valence electrons. The molecule has 3 heteroatoms. The number of aryl methyl sites for hydroxylation is 1. The Morgan fingerprint density at radius 1 is 1.47 bits per heavy atom. The first-order valence-corrected chi connectivity index (χ1v) is 5.33. The van der Waals surface area contributed by atoms with Gasteiger partial charge in [-0.15, -0.1) is 0 Å². The van der Waals surface area contributed by atoms with Gasteiger partial charge < -0.3 is 9.67 Å². The van der Waals surface area contributed by atoms with Gasteiger partial charge in [-0.3, -0.25) is 0 Å². The highest BCUT2D eigenvalue weighted by molar-refractivity contribution is 5.76. The Morgan fingerprint density at radius 3 is 2.93 bits per heavy atom. The molecule has 2 aromatic rings. The van der Waals surface area contributed by atoms with Gasteiger partial charge in [0.1, 0.15) is 5.82 Å². The van der Waals surface area contributed by atoms with E-state index < -0.39 is 0 Å². The molecular formula is C12H14N2O. The molecule has 0 saturated heterocycles. The van der Waals surface area contributed by atoms with Crippen molar-refractivity contribution < 1.29 is 5.11 Å².